The number of amides is 1. The van der Waals surface area contributed by atoms with E-state index in [-0.39, 0.29) is 12.4 Å². The van der Waals surface area contributed by atoms with E-state index in [9.17, 15) is 4.79 Å². The fraction of sp³-hybridized carbons (Fsp3) is 0.938. The molecule has 20 heavy (non-hydrogen) atoms. The first-order valence-electron chi connectivity index (χ1n) is 8.19. The summed E-state index contributed by atoms with van der Waals surface area (Å²) in [5, 5.41) is 3.38. The van der Waals surface area contributed by atoms with E-state index in [1.54, 1.807) is 0 Å². The normalized spacial score (nSPS) is 16.0. The Morgan fingerprint density at radius 2 is 1.80 bits per heavy atom. The number of carbonyl (C=O) groups excluding carboxylic acids is 1. The first kappa shape index (κ1) is 19.7. The summed E-state index contributed by atoms with van der Waals surface area (Å²) in [5.41, 5.74) is 0. The number of hydrogen-bond donors (Lipinski definition) is 1. The standard InChI is InChI=1S/C16H32N2O.ClH/c1-4-14(5-2)13-18(6-3)16(19)8-7-15-9-11-17-12-10-15;/h14-15,17H,4-13H2,1-3H3;1H. The molecule has 1 aliphatic heterocycles. The molecule has 0 bridgehead atoms. The lowest BCUT2D eigenvalue weighted by Gasteiger charge is -2.27. The van der Waals surface area contributed by atoms with Crippen LogP contribution in [0.2, 0.25) is 0 Å². The highest BCUT2D eigenvalue weighted by molar-refractivity contribution is 5.85. The summed E-state index contributed by atoms with van der Waals surface area (Å²) < 4.78 is 0. The molecule has 0 aliphatic carbocycles. The fourth-order valence-corrected chi connectivity index (χ4v) is 2.92. The van der Waals surface area contributed by atoms with Gasteiger partial charge in [-0.3, -0.25) is 4.79 Å². The number of nitrogens with zero attached hydrogens (tertiary/aromatic N) is 1. The lowest BCUT2D eigenvalue weighted by Crippen LogP contribution is -2.35. The fourth-order valence-electron chi connectivity index (χ4n) is 2.92. The Morgan fingerprint density at radius 3 is 2.30 bits per heavy atom. The van der Waals surface area contributed by atoms with Gasteiger partial charge < -0.3 is 10.2 Å². The molecule has 0 radical (unpaired) electrons. The van der Waals surface area contributed by atoms with Gasteiger partial charge in [0.15, 0.2) is 0 Å². The molecule has 1 N–H and O–H groups in total. The van der Waals surface area contributed by atoms with E-state index in [0.717, 1.165) is 44.9 Å². The quantitative estimate of drug-likeness (QED) is 0.744. The Kier molecular flexibility index (Phi) is 11.2. The molecule has 0 aromatic carbocycles. The van der Waals surface area contributed by atoms with E-state index in [1.807, 2.05) is 0 Å². The highest BCUT2D eigenvalue weighted by atomic mass is 35.5. The second-order valence-corrected chi connectivity index (χ2v) is 5.85. The maximum absolute atomic E-state index is 12.3. The van der Waals surface area contributed by atoms with Gasteiger partial charge in [0.1, 0.15) is 0 Å². The van der Waals surface area contributed by atoms with Crippen molar-refractivity contribution >= 4 is 18.3 Å². The monoisotopic (exact) mass is 304 g/mol. The molecule has 0 spiro atoms. The average molecular weight is 305 g/mol. The molecular formula is C16H33ClN2O. The first-order chi connectivity index (χ1) is 9.21. The summed E-state index contributed by atoms with van der Waals surface area (Å²) in [5.74, 6) is 1.80. The Morgan fingerprint density at radius 1 is 1.20 bits per heavy atom. The van der Waals surface area contributed by atoms with E-state index in [4.69, 9.17) is 0 Å². The lowest BCUT2D eigenvalue weighted by molar-refractivity contribution is -0.132. The third-order valence-corrected chi connectivity index (χ3v) is 4.59. The van der Waals surface area contributed by atoms with Crippen molar-refractivity contribution in [1.82, 2.24) is 10.2 Å². The van der Waals surface area contributed by atoms with Crippen LogP contribution in [0, 0.1) is 11.8 Å². The van der Waals surface area contributed by atoms with Gasteiger partial charge in [0.05, 0.1) is 0 Å². The molecule has 120 valence electrons. The van der Waals surface area contributed by atoms with Gasteiger partial charge in [-0.1, -0.05) is 26.7 Å². The third-order valence-electron chi connectivity index (χ3n) is 4.59. The van der Waals surface area contributed by atoms with Crippen LogP contribution in [0.25, 0.3) is 0 Å². The molecule has 4 heteroatoms. The van der Waals surface area contributed by atoms with Crippen LogP contribution in [0.1, 0.15) is 59.3 Å². The molecule has 0 saturated carbocycles. The highest BCUT2D eigenvalue weighted by Gasteiger charge is 2.18. The van der Waals surface area contributed by atoms with Crippen LogP contribution in [0.3, 0.4) is 0 Å². The number of hydrogen-bond acceptors (Lipinski definition) is 2. The van der Waals surface area contributed by atoms with Crippen molar-refractivity contribution in [2.24, 2.45) is 11.8 Å². The van der Waals surface area contributed by atoms with Crippen LogP contribution in [0.4, 0.5) is 0 Å². The minimum atomic E-state index is 0. The van der Waals surface area contributed by atoms with E-state index in [2.05, 4.69) is 31.0 Å². The second kappa shape index (κ2) is 11.4. The molecule has 3 nitrogen and oxygen atoms in total. The Labute approximate surface area is 131 Å². The summed E-state index contributed by atoms with van der Waals surface area (Å²) in [7, 11) is 0. The van der Waals surface area contributed by atoms with Crippen LogP contribution in [0.15, 0.2) is 0 Å². The summed E-state index contributed by atoms with van der Waals surface area (Å²) in [4.78, 5) is 14.4. The van der Waals surface area contributed by atoms with Gasteiger partial charge in [-0.15, -0.1) is 12.4 Å². The number of carbonyl (C=O) groups is 1. The van der Waals surface area contributed by atoms with Gasteiger partial charge in [-0.05, 0) is 51.1 Å². The predicted molar refractivity (Wildman–Crippen MR) is 88.4 cm³/mol. The van der Waals surface area contributed by atoms with Crippen molar-refractivity contribution in [2.75, 3.05) is 26.2 Å². The van der Waals surface area contributed by atoms with E-state index in [1.165, 1.54) is 25.7 Å². The van der Waals surface area contributed by atoms with Crippen LogP contribution in [-0.4, -0.2) is 37.0 Å². The SMILES string of the molecule is CCC(CC)CN(CC)C(=O)CCC1CCNCC1.Cl. The molecule has 0 unspecified atom stereocenters. The molecule has 1 aliphatic rings. The first-order valence-corrected chi connectivity index (χ1v) is 8.19. The minimum absolute atomic E-state index is 0. The maximum atomic E-state index is 12.3. The van der Waals surface area contributed by atoms with Crippen molar-refractivity contribution in [3.63, 3.8) is 0 Å². The Bertz CT molecular complexity index is 251. The van der Waals surface area contributed by atoms with Gasteiger partial charge in [0.25, 0.3) is 0 Å². The zero-order valence-corrected chi connectivity index (χ0v) is 14.3. The van der Waals surface area contributed by atoms with Gasteiger partial charge in [0, 0.05) is 19.5 Å². The van der Waals surface area contributed by atoms with E-state index in [0.29, 0.717) is 11.8 Å². The topological polar surface area (TPSA) is 32.3 Å². The number of rotatable bonds is 8. The number of nitrogens with one attached hydrogen (secondary N) is 1. The zero-order valence-electron chi connectivity index (χ0n) is 13.5. The summed E-state index contributed by atoms with van der Waals surface area (Å²) in [6.07, 6.45) is 6.67. The van der Waals surface area contributed by atoms with Gasteiger partial charge >= 0.3 is 0 Å². The molecule has 0 atom stereocenters. The average Bonchev–Trinajstić information content (AvgIpc) is 2.47. The molecule has 1 heterocycles. The van der Waals surface area contributed by atoms with Crippen molar-refractivity contribution in [1.29, 1.82) is 0 Å². The lowest BCUT2D eigenvalue weighted by atomic mass is 9.93. The van der Waals surface area contributed by atoms with E-state index < -0.39 is 0 Å². The third kappa shape index (κ3) is 6.94. The highest BCUT2D eigenvalue weighted by Crippen LogP contribution is 2.19. The van der Waals surface area contributed by atoms with Crippen molar-refractivity contribution in [2.45, 2.75) is 59.3 Å². The second-order valence-electron chi connectivity index (χ2n) is 5.85. The van der Waals surface area contributed by atoms with Gasteiger partial charge in [-0.2, -0.15) is 0 Å². The van der Waals surface area contributed by atoms with Gasteiger partial charge in [0.2, 0.25) is 5.91 Å². The Hall–Kier alpha value is -0.280. The molecule has 1 amide bonds. The number of piperidine rings is 1. The van der Waals surface area contributed by atoms with Crippen LogP contribution in [0.5, 0.6) is 0 Å². The molecule has 1 saturated heterocycles. The smallest absolute Gasteiger partial charge is 0.222 e. The molecule has 0 aromatic rings. The molecule has 0 aromatic heterocycles. The summed E-state index contributed by atoms with van der Waals surface area (Å²) >= 11 is 0. The van der Waals surface area contributed by atoms with Crippen molar-refractivity contribution < 1.29 is 4.79 Å². The van der Waals surface area contributed by atoms with Gasteiger partial charge in [-0.25, -0.2) is 0 Å². The van der Waals surface area contributed by atoms with Crippen LogP contribution < -0.4 is 5.32 Å². The van der Waals surface area contributed by atoms with Crippen molar-refractivity contribution in [3.05, 3.63) is 0 Å². The Balaban J connectivity index is 0.00000361. The maximum Gasteiger partial charge on any atom is 0.222 e. The largest absolute Gasteiger partial charge is 0.343 e. The summed E-state index contributed by atoms with van der Waals surface area (Å²) in [6, 6.07) is 0. The zero-order chi connectivity index (χ0) is 14.1. The summed E-state index contributed by atoms with van der Waals surface area (Å²) in [6.45, 7) is 10.6. The van der Waals surface area contributed by atoms with Crippen LogP contribution in [-0.2, 0) is 4.79 Å². The minimum Gasteiger partial charge on any atom is -0.343 e. The molecule has 1 fully saturated rings. The molecule has 1 rings (SSSR count). The number of halogens is 1. The van der Waals surface area contributed by atoms with Crippen LogP contribution >= 0.6 is 12.4 Å². The predicted octanol–water partition coefficient (Wildman–Crippen LogP) is 3.47. The van der Waals surface area contributed by atoms with Crippen molar-refractivity contribution in [3.8, 4) is 0 Å². The molecular weight excluding hydrogens is 272 g/mol. The van der Waals surface area contributed by atoms with E-state index >= 15 is 0 Å².